The van der Waals surface area contributed by atoms with E-state index >= 15 is 0 Å². The molecule has 100 valence electrons. The number of carbonyl (C=O) groups excluding carboxylic acids is 1. The van der Waals surface area contributed by atoms with Gasteiger partial charge in [-0.2, -0.15) is 0 Å². The number of aliphatic carboxylic acids is 1. The van der Waals surface area contributed by atoms with E-state index in [0.717, 1.165) is 12.8 Å². The fourth-order valence-corrected chi connectivity index (χ4v) is 2.07. The normalized spacial score (nSPS) is 20.9. The Kier molecular flexibility index (Phi) is 5.50. The summed E-state index contributed by atoms with van der Waals surface area (Å²) in [7, 11) is 0. The van der Waals surface area contributed by atoms with Crippen LogP contribution in [-0.4, -0.2) is 41.1 Å². The fourth-order valence-electron chi connectivity index (χ4n) is 2.07. The van der Waals surface area contributed by atoms with Crippen LogP contribution in [0.3, 0.4) is 0 Å². The van der Waals surface area contributed by atoms with E-state index in [1.54, 1.807) is 4.90 Å². The van der Waals surface area contributed by atoms with Gasteiger partial charge in [-0.25, -0.2) is 4.79 Å². The summed E-state index contributed by atoms with van der Waals surface area (Å²) >= 11 is 0. The number of nitrogens with zero attached hydrogens (tertiary/aromatic N) is 1. The van der Waals surface area contributed by atoms with Crippen molar-refractivity contribution in [1.29, 1.82) is 0 Å². The zero-order valence-corrected chi connectivity index (χ0v) is 10.7. The molecule has 1 fully saturated rings. The third-order valence-corrected chi connectivity index (χ3v) is 3.24. The van der Waals surface area contributed by atoms with Crippen LogP contribution in [-0.2, 0) is 4.79 Å². The molecule has 1 heterocycles. The zero-order valence-electron chi connectivity index (χ0n) is 10.7. The van der Waals surface area contributed by atoms with E-state index in [2.05, 4.69) is 11.2 Å². The van der Waals surface area contributed by atoms with Crippen LogP contribution in [0.1, 0.15) is 32.6 Å². The summed E-state index contributed by atoms with van der Waals surface area (Å²) in [6.07, 6.45) is 7.87. The molecule has 5 heteroatoms. The number of terminal acetylenes is 1. The predicted octanol–water partition coefficient (Wildman–Crippen LogP) is 1.29. The molecule has 0 aromatic rings. The number of hydrogen-bond acceptors (Lipinski definition) is 2. The fraction of sp³-hybridized carbons (Fsp3) is 0.692. The Balaban J connectivity index is 2.50. The van der Waals surface area contributed by atoms with Crippen LogP contribution < -0.4 is 5.32 Å². The second kappa shape index (κ2) is 6.90. The minimum Gasteiger partial charge on any atom is -0.481 e. The molecule has 1 aliphatic heterocycles. The Hall–Kier alpha value is -1.70. The molecular formula is C13H20N2O3. The third kappa shape index (κ3) is 3.95. The first-order chi connectivity index (χ1) is 8.58. The number of urea groups is 1. The Bertz CT molecular complexity index is 349. The van der Waals surface area contributed by atoms with Crippen molar-refractivity contribution in [3.8, 4) is 12.3 Å². The predicted molar refractivity (Wildman–Crippen MR) is 68.0 cm³/mol. The van der Waals surface area contributed by atoms with Gasteiger partial charge in [0.2, 0.25) is 0 Å². The summed E-state index contributed by atoms with van der Waals surface area (Å²) in [5.74, 6) is 1.25. The maximum atomic E-state index is 12.0. The first kappa shape index (κ1) is 14.4. The molecule has 1 aliphatic rings. The van der Waals surface area contributed by atoms with Gasteiger partial charge in [0.05, 0.1) is 5.92 Å². The molecule has 0 aromatic carbocycles. The highest BCUT2D eigenvalue weighted by atomic mass is 16.4. The van der Waals surface area contributed by atoms with Gasteiger partial charge in [-0.05, 0) is 19.3 Å². The Labute approximate surface area is 108 Å². The number of amides is 2. The topological polar surface area (TPSA) is 69.6 Å². The summed E-state index contributed by atoms with van der Waals surface area (Å²) in [6, 6.07) is -0.240. The van der Waals surface area contributed by atoms with E-state index in [0.29, 0.717) is 19.4 Å². The number of likely N-dealkylation sites (tertiary alicyclic amines) is 1. The lowest BCUT2D eigenvalue weighted by atomic mass is 9.98. The van der Waals surface area contributed by atoms with Crippen molar-refractivity contribution in [3.05, 3.63) is 0 Å². The molecule has 1 unspecified atom stereocenters. The standard InChI is InChI=1S/C13H20N2O3/c1-3-6-11(4-2)14-13(18)15-8-5-7-10(9-15)12(16)17/h1,10-11H,4-9H2,2H3,(H,14,18)(H,16,17)/t10-,11?/m1/s1. The summed E-state index contributed by atoms with van der Waals surface area (Å²) in [6.45, 7) is 2.86. The van der Waals surface area contributed by atoms with Gasteiger partial charge in [-0.3, -0.25) is 4.79 Å². The molecule has 0 aliphatic carbocycles. The van der Waals surface area contributed by atoms with E-state index in [4.69, 9.17) is 11.5 Å². The summed E-state index contributed by atoms with van der Waals surface area (Å²) in [4.78, 5) is 24.5. The Morgan fingerprint density at radius 3 is 2.89 bits per heavy atom. The molecule has 1 saturated heterocycles. The number of hydrogen-bond donors (Lipinski definition) is 2. The van der Waals surface area contributed by atoms with E-state index in [9.17, 15) is 9.59 Å². The minimum atomic E-state index is -0.830. The largest absolute Gasteiger partial charge is 0.481 e. The van der Waals surface area contributed by atoms with Crippen LogP contribution in [0.5, 0.6) is 0 Å². The van der Waals surface area contributed by atoms with Crippen LogP contribution >= 0.6 is 0 Å². The van der Waals surface area contributed by atoms with Gasteiger partial charge in [0.1, 0.15) is 0 Å². The van der Waals surface area contributed by atoms with Gasteiger partial charge in [-0.15, -0.1) is 12.3 Å². The monoisotopic (exact) mass is 252 g/mol. The van der Waals surface area contributed by atoms with Crippen molar-refractivity contribution >= 4 is 12.0 Å². The molecule has 18 heavy (non-hydrogen) atoms. The van der Waals surface area contributed by atoms with Gasteiger partial charge in [-0.1, -0.05) is 6.92 Å². The van der Waals surface area contributed by atoms with Crippen molar-refractivity contribution in [1.82, 2.24) is 10.2 Å². The second-order valence-electron chi connectivity index (χ2n) is 4.59. The van der Waals surface area contributed by atoms with Crippen molar-refractivity contribution in [2.45, 2.75) is 38.6 Å². The third-order valence-electron chi connectivity index (χ3n) is 3.24. The van der Waals surface area contributed by atoms with Crippen molar-refractivity contribution in [2.24, 2.45) is 5.92 Å². The number of rotatable bonds is 4. The molecule has 2 amide bonds. The summed E-state index contributed by atoms with van der Waals surface area (Å²) in [5, 5.41) is 11.8. The first-order valence-electron chi connectivity index (χ1n) is 6.30. The molecule has 2 atom stereocenters. The number of carbonyl (C=O) groups is 2. The molecule has 5 nitrogen and oxygen atoms in total. The number of carboxylic acids is 1. The van der Waals surface area contributed by atoms with Crippen LogP contribution in [0.15, 0.2) is 0 Å². The van der Waals surface area contributed by atoms with Crippen molar-refractivity contribution < 1.29 is 14.7 Å². The van der Waals surface area contributed by atoms with E-state index in [1.165, 1.54) is 0 Å². The van der Waals surface area contributed by atoms with Crippen molar-refractivity contribution in [2.75, 3.05) is 13.1 Å². The molecule has 2 N–H and O–H groups in total. The molecular weight excluding hydrogens is 232 g/mol. The highest BCUT2D eigenvalue weighted by Gasteiger charge is 2.28. The van der Waals surface area contributed by atoms with Crippen LogP contribution in [0, 0.1) is 18.3 Å². The van der Waals surface area contributed by atoms with E-state index in [-0.39, 0.29) is 18.6 Å². The SMILES string of the molecule is C#CCC(CC)NC(=O)N1CCC[C@@H](C(=O)O)C1. The van der Waals surface area contributed by atoms with Gasteiger partial charge in [0, 0.05) is 25.6 Å². The van der Waals surface area contributed by atoms with Gasteiger partial charge < -0.3 is 15.3 Å². The maximum Gasteiger partial charge on any atom is 0.317 e. The number of nitrogens with one attached hydrogen (secondary N) is 1. The maximum absolute atomic E-state index is 12.0. The highest BCUT2D eigenvalue weighted by Crippen LogP contribution is 2.16. The van der Waals surface area contributed by atoms with Crippen LogP contribution in [0.25, 0.3) is 0 Å². The Morgan fingerprint density at radius 2 is 2.33 bits per heavy atom. The summed E-state index contributed by atoms with van der Waals surface area (Å²) in [5.41, 5.74) is 0. The average molecular weight is 252 g/mol. The van der Waals surface area contributed by atoms with E-state index in [1.807, 2.05) is 6.92 Å². The lowest BCUT2D eigenvalue weighted by Gasteiger charge is -2.31. The molecule has 0 bridgehead atoms. The second-order valence-corrected chi connectivity index (χ2v) is 4.59. The first-order valence-corrected chi connectivity index (χ1v) is 6.30. The number of piperidine rings is 1. The average Bonchev–Trinajstić information content (AvgIpc) is 2.38. The molecule has 0 aromatic heterocycles. The number of carboxylic acid groups (broad SMARTS) is 1. The van der Waals surface area contributed by atoms with Crippen molar-refractivity contribution in [3.63, 3.8) is 0 Å². The molecule has 1 rings (SSSR count). The van der Waals surface area contributed by atoms with Gasteiger partial charge >= 0.3 is 12.0 Å². The zero-order chi connectivity index (χ0) is 13.5. The molecule has 0 saturated carbocycles. The smallest absolute Gasteiger partial charge is 0.317 e. The summed E-state index contributed by atoms with van der Waals surface area (Å²) < 4.78 is 0. The highest BCUT2D eigenvalue weighted by molar-refractivity contribution is 5.76. The van der Waals surface area contributed by atoms with Gasteiger partial charge in [0.15, 0.2) is 0 Å². The molecule has 0 radical (unpaired) electrons. The minimum absolute atomic E-state index is 0.0345. The van der Waals surface area contributed by atoms with Crippen LogP contribution in [0.2, 0.25) is 0 Å². The lowest BCUT2D eigenvalue weighted by Crippen LogP contribution is -2.49. The molecule has 0 spiro atoms. The van der Waals surface area contributed by atoms with Crippen LogP contribution in [0.4, 0.5) is 4.79 Å². The van der Waals surface area contributed by atoms with E-state index < -0.39 is 11.9 Å². The van der Waals surface area contributed by atoms with Gasteiger partial charge in [0.25, 0.3) is 0 Å². The Morgan fingerprint density at radius 1 is 1.61 bits per heavy atom. The lowest BCUT2D eigenvalue weighted by molar-refractivity contribution is -0.143. The quantitative estimate of drug-likeness (QED) is 0.741.